The van der Waals surface area contributed by atoms with Crippen LogP contribution in [0, 0.1) is 17.3 Å². The maximum atomic E-state index is 4.64. The largest absolute Gasteiger partial charge is 0.309 e. The lowest BCUT2D eigenvalue weighted by atomic mass is 9.61. The SMILES string of the molecule is C=C[C@]1(C)CC[C@@H](C(=C)CN2C[C@@H](C)N[C@@H](C)C2)C[C@H]1C(=C)CN1C[C@@H](C)N[C@@H](C)C1. The van der Waals surface area contributed by atoms with Crippen molar-refractivity contribution in [1.82, 2.24) is 20.4 Å². The van der Waals surface area contributed by atoms with Crippen LogP contribution in [-0.4, -0.2) is 73.2 Å². The minimum absolute atomic E-state index is 0.150. The van der Waals surface area contributed by atoms with Crippen LogP contribution in [0.3, 0.4) is 0 Å². The van der Waals surface area contributed by atoms with Crippen molar-refractivity contribution in [3.05, 3.63) is 37.0 Å². The molecule has 0 spiro atoms. The topological polar surface area (TPSA) is 30.5 Å². The zero-order valence-electron chi connectivity index (χ0n) is 20.9. The molecular weight excluding hydrogens is 380 g/mol. The van der Waals surface area contributed by atoms with Crippen molar-refractivity contribution in [2.24, 2.45) is 17.3 Å². The van der Waals surface area contributed by atoms with Crippen molar-refractivity contribution in [2.45, 2.75) is 78.0 Å². The molecule has 3 aliphatic rings. The summed E-state index contributed by atoms with van der Waals surface area (Å²) in [6.07, 6.45) is 5.80. The van der Waals surface area contributed by atoms with Gasteiger partial charge >= 0.3 is 0 Å². The van der Waals surface area contributed by atoms with Gasteiger partial charge in [-0.1, -0.05) is 37.3 Å². The molecule has 0 aromatic rings. The van der Waals surface area contributed by atoms with Crippen molar-refractivity contribution in [3.8, 4) is 0 Å². The molecule has 176 valence electrons. The Labute approximate surface area is 192 Å². The van der Waals surface area contributed by atoms with Gasteiger partial charge in [0.05, 0.1) is 0 Å². The Morgan fingerprint density at radius 3 is 1.77 bits per heavy atom. The van der Waals surface area contributed by atoms with E-state index < -0.39 is 0 Å². The first-order valence-electron chi connectivity index (χ1n) is 12.5. The second-order valence-corrected chi connectivity index (χ2v) is 11.4. The van der Waals surface area contributed by atoms with Crippen LogP contribution in [0.1, 0.15) is 53.9 Å². The second kappa shape index (κ2) is 10.3. The van der Waals surface area contributed by atoms with Crippen LogP contribution >= 0.6 is 0 Å². The summed E-state index contributed by atoms with van der Waals surface area (Å²) < 4.78 is 0. The summed E-state index contributed by atoms with van der Waals surface area (Å²) in [6, 6.07) is 2.21. The summed E-state index contributed by atoms with van der Waals surface area (Å²) in [6.45, 7) is 31.5. The van der Waals surface area contributed by atoms with E-state index in [4.69, 9.17) is 0 Å². The van der Waals surface area contributed by atoms with Gasteiger partial charge in [-0.25, -0.2) is 0 Å². The van der Waals surface area contributed by atoms with Gasteiger partial charge in [-0.15, -0.1) is 6.58 Å². The minimum Gasteiger partial charge on any atom is -0.309 e. The van der Waals surface area contributed by atoms with E-state index in [2.05, 4.69) is 80.9 Å². The number of piperazine rings is 2. The van der Waals surface area contributed by atoms with Gasteiger partial charge in [0.1, 0.15) is 0 Å². The van der Waals surface area contributed by atoms with Crippen molar-refractivity contribution in [3.63, 3.8) is 0 Å². The number of hydrogen-bond donors (Lipinski definition) is 2. The van der Waals surface area contributed by atoms with Crippen molar-refractivity contribution >= 4 is 0 Å². The molecule has 4 nitrogen and oxygen atoms in total. The van der Waals surface area contributed by atoms with Crippen molar-refractivity contribution in [2.75, 3.05) is 39.3 Å². The Balaban J connectivity index is 1.63. The van der Waals surface area contributed by atoms with Crippen molar-refractivity contribution < 1.29 is 0 Å². The quantitative estimate of drug-likeness (QED) is 0.599. The predicted octanol–water partition coefficient (Wildman–Crippen LogP) is 4.07. The van der Waals surface area contributed by atoms with Crippen LogP contribution in [0.15, 0.2) is 37.0 Å². The van der Waals surface area contributed by atoms with Crippen LogP contribution in [0.25, 0.3) is 0 Å². The summed E-state index contributed by atoms with van der Waals surface area (Å²) in [4.78, 5) is 5.20. The average Bonchev–Trinajstić information content (AvgIpc) is 2.66. The molecule has 31 heavy (non-hydrogen) atoms. The average molecular weight is 429 g/mol. The number of nitrogens with zero attached hydrogens (tertiary/aromatic N) is 2. The Bertz CT molecular complexity index is 638. The van der Waals surface area contributed by atoms with E-state index in [9.17, 15) is 0 Å². The molecule has 7 atom stereocenters. The second-order valence-electron chi connectivity index (χ2n) is 11.4. The van der Waals surface area contributed by atoms with E-state index in [1.807, 2.05) is 0 Å². The lowest BCUT2D eigenvalue weighted by Crippen LogP contribution is -2.55. The van der Waals surface area contributed by atoms with Gasteiger partial charge in [-0.3, -0.25) is 9.80 Å². The summed E-state index contributed by atoms with van der Waals surface area (Å²) in [5, 5.41) is 7.29. The summed E-state index contributed by atoms with van der Waals surface area (Å²) in [5.41, 5.74) is 2.97. The lowest BCUT2D eigenvalue weighted by molar-refractivity contribution is 0.134. The molecule has 1 saturated carbocycles. The van der Waals surface area contributed by atoms with E-state index in [1.54, 1.807) is 0 Å². The molecule has 0 aromatic heterocycles. The van der Waals surface area contributed by atoms with Crippen molar-refractivity contribution in [1.29, 1.82) is 0 Å². The van der Waals surface area contributed by atoms with E-state index in [-0.39, 0.29) is 5.41 Å². The zero-order chi connectivity index (χ0) is 22.8. The van der Waals surface area contributed by atoms with Crippen LogP contribution < -0.4 is 10.6 Å². The van der Waals surface area contributed by atoms with E-state index in [0.29, 0.717) is 36.0 Å². The third-order valence-corrected chi connectivity index (χ3v) is 8.00. The van der Waals surface area contributed by atoms with Gasteiger partial charge in [0, 0.05) is 63.4 Å². The first kappa shape index (κ1) is 24.7. The van der Waals surface area contributed by atoms with Gasteiger partial charge in [0.25, 0.3) is 0 Å². The third-order valence-electron chi connectivity index (χ3n) is 8.00. The van der Waals surface area contributed by atoms with Crippen LogP contribution in [0.4, 0.5) is 0 Å². The fourth-order valence-corrected chi connectivity index (χ4v) is 6.53. The first-order chi connectivity index (χ1) is 14.6. The van der Waals surface area contributed by atoms with Gasteiger partial charge < -0.3 is 10.6 Å². The molecule has 2 saturated heterocycles. The third kappa shape index (κ3) is 6.31. The molecule has 0 bridgehead atoms. The summed E-state index contributed by atoms with van der Waals surface area (Å²) in [5.74, 6) is 1.08. The summed E-state index contributed by atoms with van der Waals surface area (Å²) in [7, 11) is 0. The standard InChI is InChI=1S/C27H48N4/c1-9-27(8)11-10-25(19(2)13-30-15-21(4)28-22(5)16-30)12-26(27)20(3)14-31-17-23(6)29-24(7)18-31/h9,21-26,28-29H,1-3,10-18H2,4-8H3/t21-,22+,23-,24+,25-,26+,27-/m1/s1. The highest BCUT2D eigenvalue weighted by Gasteiger charge is 2.40. The predicted molar refractivity (Wildman–Crippen MR) is 134 cm³/mol. The first-order valence-corrected chi connectivity index (χ1v) is 12.5. The Morgan fingerprint density at radius 1 is 0.871 bits per heavy atom. The fraction of sp³-hybridized carbons (Fsp3) is 0.778. The molecular formula is C27H48N4. The van der Waals surface area contributed by atoms with Crippen LogP contribution in [-0.2, 0) is 0 Å². The van der Waals surface area contributed by atoms with Gasteiger partial charge in [0.2, 0.25) is 0 Å². The Hall–Kier alpha value is -0.940. The van der Waals surface area contributed by atoms with E-state index in [1.165, 1.54) is 30.4 Å². The lowest BCUT2D eigenvalue weighted by Gasteiger charge is -2.46. The highest BCUT2D eigenvalue weighted by molar-refractivity contribution is 5.19. The van der Waals surface area contributed by atoms with E-state index in [0.717, 1.165) is 39.3 Å². The van der Waals surface area contributed by atoms with Crippen LogP contribution in [0.5, 0.6) is 0 Å². The van der Waals surface area contributed by atoms with Gasteiger partial charge in [0.15, 0.2) is 0 Å². The maximum Gasteiger partial charge on any atom is 0.0194 e. The minimum atomic E-state index is 0.150. The zero-order valence-corrected chi connectivity index (χ0v) is 20.9. The maximum absolute atomic E-state index is 4.64. The fourth-order valence-electron chi connectivity index (χ4n) is 6.53. The molecule has 0 amide bonds. The normalized spacial score (nSPS) is 40.4. The monoisotopic (exact) mass is 428 g/mol. The number of hydrogen-bond acceptors (Lipinski definition) is 4. The van der Waals surface area contributed by atoms with Gasteiger partial charge in [-0.2, -0.15) is 0 Å². The van der Waals surface area contributed by atoms with Gasteiger partial charge in [-0.05, 0) is 64.2 Å². The highest BCUT2D eigenvalue weighted by Crippen LogP contribution is 2.49. The molecule has 4 heteroatoms. The van der Waals surface area contributed by atoms with E-state index >= 15 is 0 Å². The number of allylic oxidation sites excluding steroid dienone is 1. The number of rotatable bonds is 7. The molecule has 0 radical (unpaired) electrons. The molecule has 2 heterocycles. The molecule has 1 aliphatic carbocycles. The molecule has 2 N–H and O–H groups in total. The highest BCUT2D eigenvalue weighted by atomic mass is 15.2. The molecule has 2 aliphatic heterocycles. The Kier molecular flexibility index (Phi) is 8.23. The Morgan fingerprint density at radius 2 is 1.32 bits per heavy atom. The molecule has 3 fully saturated rings. The smallest absolute Gasteiger partial charge is 0.0194 e. The molecule has 3 rings (SSSR count). The van der Waals surface area contributed by atoms with Crippen LogP contribution in [0.2, 0.25) is 0 Å². The molecule has 0 unspecified atom stereocenters. The molecule has 0 aromatic carbocycles. The number of nitrogens with one attached hydrogen (secondary N) is 2. The summed E-state index contributed by atoms with van der Waals surface area (Å²) >= 11 is 0.